The van der Waals surface area contributed by atoms with Gasteiger partial charge in [-0.25, -0.2) is 8.78 Å². The Balaban J connectivity index is 1.78. The quantitative estimate of drug-likeness (QED) is 0.800. The molecule has 0 N–H and O–H groups in total. The lowest BCUT2D eigenvalue weighted by Gasteiger charge is -2.34. The van der Waals surface area contributed by atoms with Gasteiger partial charge < -0.3 is 4.55 Å². The van der Waals surface area contributed by atoms with Gasteiger partial charge in [0.25, 0.3) is 0 Å². The number of hydrogen-bond donors (Lipinski definition) is 0. The first kappa shape index (κ1) is 15.5. The van der Waals surface area contributed by atoms with Crippen molar-refractivity contribution in [2.75, 3.05) is 6.54 Å². The molecule has 1 fully saturated rings. The van der Waals surface area contributed by atoms with Crippen molar-refractivity contribution >= 4 is 11.4 Å². The second kappa shape index (κ2) is 6.77. The predicted molar refractivity (Wildman–Crippen MR) is 83.3 cm³/mol. The van der Waals surface area contributed by atoms with Crippen molar-refractivity contribution in [3.05, 3.63) is 71.3 Å². The molecule has 0 aliphatic carbocycles. The van der Waals surface area contributed by atoms with Crippen LogP contribution in [0.15, 0.2) is 48.5 Å². The maximum absolute atomic E-state index is 13.8. The third kappa shape index (κ3) is 3.32. The minimum Gasteiger partial charge on any atom is -0.597 e. The second-order valence-corrected chi connectivity index (χ2v) is 7.05. The summed E-state index contributed by atoms with van der Waals surface area (Å²) >= 11 is -1.24. The molecule has 0 radical (unpaired) electrons. The van der Waals surface area contributed by atoms with Crippen molar-refractivity contribution in [2.24, 2.45) is 0 Å². The summed E-state index contributed by atoms with van der Waals surface area (Å²) in [6, 6.07) is 13.1. The highest BCUT2D eigenvalue weighted by molar-refractivity contribution is 7.89. The number of benzene rings is 2. The summed E-state index contributed by atoms with van der Waals surface area (Å²) in [4.78, 5) is 0. The van der Waals surface area contributed by atoms with Crippen molar-refractivity contribution in [3.63, 3.8) is 0 Å². The summed E-state index contributed by atoms with van der Waals surface area (Å²) in [7, 11) is 0. The van der Waals surface area contributed by atoms with Crippen LogP contribution in [0.4, 0.5) is 8.78 Å². The van der Waals surface area contributed by atoms with E-state index in [1.54, 1.807) is 4.31 Å². The van der Waals surface area contributed by atoms with E-state index in [0.29, 0.717) is 6.54 Å². The molecule has 0 saturated carbocycles. The van der Waals surface area contributed by atoms with Crippen LogP contribution in [0.25, 0.3) is 0 Å². The van der Waals surface area contributed by atoms with Crippen LogP contribution < -0.4 is 0 Å². The van der Waals surface area contributed by atoms with Gasteiger partial charge in [0.05, 0.1) is 6.54 Å². The minimum atomic E-state index is -1.24. The fraction of sp³-hybridized carbons (Fsp3) is 0.294. The van der Waals surface area contributed by atoms with Gasteiger partial charge in [0.2, 0.25) is 0 Å². The average molecular weight is 321 g/mol. The van der Waals surface area contributed by atoms with E-state index in [4.69, 9.17) is 0 Å². The zero-order chi connectivity index (χ0) is 15.5. The zero-order valence-electron chi connectivity index (χ0n) is 12.0. The topological polar surface area (TPSA) is 26.3 Å². The Bertz CT molecular complexity index is 638. The maximum atomic E-state index is 13.8. The molecular weight excluding hydrogens is 304 g/mol. The number of rotatable bonds is 3. The van der Waals surface area contributed by atoms with E-state index in [2.05, 4.69) is 0 Å². The van der Waals surface area contributed by atoms with Gasteiger partial charge in [-0.2, -0.15) is 0 Å². The van der Waals surface area contributed by atoms with Crippen LogP contribution in [-0.2, 0) is 17.9 Å². The molecule has 22 heavy (non-hydrogen) atoms. The van der Waals surface area contributed by atoms with Gasteiger partial charge in [0, 0.05) is 35.5 Å². The molecule has 1 saturated heterocycles. The first-order valence-corrected chi connectivity index (χ1v) is 8.46. The molecule has 1 unspecified atom stereocenters. The van der Waals surface area contributed by atoms with E-state index in [-0.39, 0.29) is 17.4 Å². The highest BCUT2D eigenvalue weighted by Gasteiger charge is 2.35. The minimum absolute atomic E-state index is 0.0772. The normalized spacial score (nSPS) is 22.7. The lowest BCUT2D eigenvalue weighted by atomic mass is 10.1. The Hall–Kier alpha value is -1.43. The fourth-order valence-corrected chi connectivity index (χ4v) is 4.47. The Morgan fingerprint density at radius 1 is 1.14 bits per heavy atom. The Morgan fingerprint density at radius 3 is 2.68 bits per heavy atom. The summed E-state index contributed by atoms with van der Waals surface area (Å²) in [6.45, 7) is 0.797. The number of hydrogen-bond acceptors (Lipinski definition) is 2. The molecule has 0 amide bonds. The van der Waals surface area contributed by atoms with Crippen molar-refractivity contribution in [1.29, 1.82) is 0 Å². The third-order valence-electron chi connectivity index (χ3n) is 3.90. The average Bonchev–Trinajstić information content (AvgIpc) is 2.54. The van der Waals surface area contributed by atoms with Crippen molar-refractivity contribution in [2.45, 2.75) is 24.6 Å². The van der Waals surface area contributed by atoms with Gasteiger partial charge in [-0.1, -0.05) is 30.3 Å². The molecule has 0 spiro atoms. The molecule has 2 atom stereocenters. The highest BCUT2D eigenvalue weighted by Crippen LogP contribution is 2.35. The SMILES string of the molecule is [O-][S+]1[C@@H](c2ccccc2)CCCN1Cc1cc(F)ccc1F. The smallest absolute Gasteiger partial charge is 0.160 e. The summed E-state index contributed by atoms with van der Waals surface area (Å²) in [5.74, 6) is -0.931. The fourth-order valence-electron chi connectivity index (χ4n) is 2.77. The molecule has 5 heteroatoms. The molecule has 2 aromatic carbocycles. The molecule has 2 aromatic rings. The van der Waals surface area contributed by atoms with Crippen molar-refractivity contribution in [1.82, 2.24) is 4.31 Å². The third-order valence-corrected chi connectivity index (χ3v) is 5.71. The van der Waals surface area contributed by atoms with Gasteiger partial charge in [-0.3, -0.25) is 0 Å². The summed E-state index contributed by atoms with van der Waals surface area (Å²) < 4.78 is 41.5. The van der Waals surface area contributed by atoms with E-state index < -0.39 is 23.0 Å². The second-order valence-electron chi connectivity index (χ2n) is 5.42. The standard InChI is InChI=1S/C17H17F2NOS/c18-15-8-9-16(19)14(11-15)12-20-10-4-7-17(22(20)21)13-5-2-1-3-6-13/h1-3,5-6,8-9,11,17H,4,7,10,12H2/t17-,22?/m1/s1. The highest BCUT2D eigenvalue weighted by atomic mass is 32.2. The molecule has 116 valence electrons. The Labute approximate surface area is 132 Å². The summed E-state index contributed by atoms with van der Waals surface area (Å²) in [6.07, 6.45) is 1.74. The van der Waals surface area contributed by atoms with E-state index in [0.717, 1.165) is 30.5 Å². The molecule has 1 heterocycles. The predicted octanol–water partition coefficient (Wildman–Crippen LogP) is 3.97. The Morgan fingerprint density at radius 2 is 1.91 bits per heavy atom. The van der Waals surface area contributed by atoms with Crippen molar-refractivity contribution < 1.29 is 13.3 Å². The van der Waals surface area contributed by atoms with Crippen LogP contribution >= 0.6 is 0 Å². The lowest BCUT2D eigenvalue weighted by molar-refractivity contribution is 0.354. The summed E-state index contributed by atoms with van der Waals surface area (Å²) in [5, 5.41) is -0.0772. The molecular formula is C17H17F2NOS. The largest absolute Gasteiger partial charge is 0.597 e. The molecule has 0 bridgehead atoms. The molecule has 3 rings (SSSR count). The van der Waals surface area contributed by atoms with Gasteiger partial charge in [0.1, 0.15) is 11.6 Å². The van der Waals surface area contributed by atoms with E-state index in [1.165, 1.54) is 6.07 Å². The maximum Gasteiger partial charge on any atom is 0.160 e. The zero-order valence-corrected chi connectivity index (χ0v) is 12.9. The van der Waals surface area contributed by atoms with Gasteiger partial charge in [-0.15, -0.1) is 4.31 Å². The number of halogens is 2. The van der Waals surface area contributed by atoms with E-state index in [9.17, 15) is 13.3 Å². The van der Waals surface area contributed by atoms with Crippen LogP contribution in [0, 0.1) is 11.6 Å². The summed E-state index contributed by atoms with van der Waals surface area (Å²) in [5.41, 5.74) is 1.28. The molecule has 0 aromatic heterocycles. The van der Waals surface area contributed by atoms with Gasteiger partial charge in [0.15, 0.2) is 5.25 Å². The van der Waals surface area contributed by atoms with E-state index in [1.807, 2.05) is 30.3 Å². The van der Waals surface area contributed by atoms with Crippen LogP contribution in [0.1, 0.15) is 29.2 Å². The van der Waals surface area contributed by atoms with Gasteiger partial charge >= 0.3 is 0 Å². The van der Waals surface area contributed by atoms with Crippen molar-refractivity contribution in [3.8, 4) is 0 Å². The van der Waals surface area contributed by atoms with Crippen LogP contribution in [0.5, 0.6) is 0 Å². The molecule has 1 aliphatic heterocycles. The lowest BCUT2D eigenvalue weighted by Crippen LogP contribution is -2.39. The van der Waals surface area contributed by atoms with E-state index >= 15 is 0 Å². The monoisotopic (exact) mass is 321 g/mol. The number of nitrogens with zero attached hydrogens (tertiary/aromatic N) is 1. The van der Waals surface area contributed by atoms with Crippen LogP contribution in [-0.4, -0.2) is 15.4 Å². The molecule has 1 aliphatic rings. The molecule has 2 nitrogen and oxygen atoms in total. The Kier molecular flexibility index (Phi) is 4.76. The van der Waals surface area contributed by atoms with Crippen LogP contribution in [0.2, 0.25) is 0 Å². The van der Waals surface area contributed by atoms with Crippen LogP contribution in [0.3, 0.4) is 0 Å². The van der Waals surface area contributed by atoms with Gasteiger partial charge in [-0.05, 0) is 24.6 Å². The first-order chi connectivity index (χ1) is 10.6. The first-order valence-electron chi connectivity index (χ1n) is 7.29.